The molecule has 0 unspecified atom stereocenters. The van der Waals surface area contributed by atoms with Crippen molar-refractivity contribution in [3.63, 3.8) is 0 Å². The van der Waals surface area contributed by atoms with Crippen molar-refractivity contribution in [3.05, 3.63) is 24.3 Å². The van der Waals surface area contributed by atoms with Crippen molar-refractivity contribution in [1.82, 2.24) is 9.21 Å². The van der Waals surface area contributed by atoms with Crippen LogP contribution in [0, 0.1) is 0 Å². The highest BCUT2D eigenvalue weighted by atomic mass is 35.5. The molecule has 1 aliphatic heterocycles. The zero-order valence-corrected chi connectivity index (χ0v) is 15.3. The highest BCUT2D eigenvalue weighted by molar-refractivity contribution is 7.89. The second kappa shape index (κ2) is 8.66. The molecule has 0 radical (unpaired) electrons. The summed E-state index contributed by atoms with van der Waals surface area (Å²) in [6, 6.07) is 5.79. The normalized spacial score (nSPS) is 18.4. The van der Waals surface area contributed by atoms with E-state index in [0.717, 1.165) is 17.3 Å². The summed E-state index contributed by atoms with van der Waals surface area (Å²) in [4.78, 5) is 13.2. The number of rotatable bonds is 7. The van der Waals surface area contributed by atoms with Gasteiger partial charge in [-0.25, -0.2) is 12.7 Å². The number of benzene rings is 1. The van der Waals surface area contributed by atoms with Crippen LogP contribution in [0.4, 0.5) is 0 Å². The molecule has 0 spiro atoms. The number of sulfonamides is 1. The van der Waals surface area contributed by atoms with Gasteiger partial charge in [-0.2, -0.15) is 0 Å². The fourth-order valence-electron chi connectivity index (χ4n) is 2.57. The maximum atomic E-state index is 12.0. The van der Waals surface area contributed by atoms with Gasteiger partial charge in [0.15, 0.2) is 0 Å². The molecule has 9 heteroatoms. The second-order valence-corrected chi connectivity index (χ2v) is 7.79. The van der Waals surface area contributed by atoms with Crippen LogP contribution in [0.5, 0.6) is 5.75 Å². The lowest BCUT2D eigenvalue weighted by Crippen LogP contribution is -2.38. The molecular weight excluding hydrogens is 356 g/mol. The lowest BCUT2D eigenvalue weighted by molar-refractivity contribution is -0.142. The van der Waals surface area contributed by atoms with Crippen LogP contribution in [-0.2, 0) is 14.8 Å². The van der Waals surface area contributed by atoms with Gasteiger partial charge in [-0.15, -0.1) is 12.4 Å². The Morgan fingerprint density at radius 2 is 1.96 bits per heavy atom. The largest absolute Gasteiger partial charge is 0.492 e. The standard InChI is InChI=1S/C15H22N2O5S.ClH/c1-16(2)23(20,21)13-7-5-12(6-8-13)22-11-10-17-9-3-4-14(17)15(18)19;/h5-8,14H,3-4,9-11H2,1-2H3,(H,18,19);1H/t14-;/m0./s1. The number of nitrogens with zero attached hydrogens (tertiary/aromatic N) is 2. The van der Waals surface area contributed by atoms with E-state index in [4.69, 9.17) is 9.84 Å². The van der Waals surface area contributed by atoms with Crippen molar-refractivity contribution in [1.29, 1.82) is 0 Å². The number of hydrogen-bond acceptors (Lipinski definition) is 5. The quantitative estimate of drug-likeness (QED) is 0.769. The smallest absolute Gasteiger partial charge is 0.320 e. The summed E-state index contributed by atoms with van der Waals surface area (Å²) in [6.07, 6.45) is 1.56. The van der Waals surface area contributed by atoms with E-state index in [1.807, 2.05) is 4.90 Å². The minimum absolute atomic E-state index is 0. The molecule has 24 heavy (non-hydrogen) atoms. The molecule has 0 aliphatic carbocycles. The van der Waals surface area contributed by atoms with E-state index in [1.54, 1.807) is 12.1 Å². The minimum atomic E-state index is -3.44. The van der Waals surface area contributed by atoms with Gasteiger partial charge in [0.1, 0.15) is 18.4 Å². The van der Waals surface area contributed by atoms with Crippen molar-refractivity contribution in [2.75, 3.05) is 33.8 Å². The van der Waals surface area contributed by atoms with Crippen LogP contribution in [0.25, 0.3) is 0 Å². The zero-order chi connectivity index (χ0) is 17.0. The molecule has 1 saturated heterocycles. The zero-order valence-electron chi connectivity index (χ0n) is 13.7. The molecule has 7 nitrogen and oxygen atoms in total. The molecule has 1 fully saturated rings. The SMILES string of the molecule is CN(C)S(=O)(=O)c1ccc(OCCN2CCC[C@H]2C(=O)O)cc1.Cl. The molecule has 0 aromatic heterocycles. The van der Waals surface area contributed by atoms with E-state index in [1.165, 1.54) is 26.2 Å². The fraction of sp³-hybridized carbons (Fsp3) is 0.533. The third-order valence-corrected chi connectivity index (χ3v) is 5.73. The maximum Gasteiger partial charge on any atom is 0.320 e. The Kier molecular flexibility index (Phi) is 7.47. The summed E-state index contributed by atoms with van der Waals surface area (Å²) in [6.45, 7) is 1.67. The number of halogens is 1. The molecule has 0 bridgehead atoms. The van der Waals surface area contributed by atoms with Crippen molar-refractivity contribution < 1.29 is 23.1 Å². The van der Waals surface area contributed by atoms with E-state index < -0.39 is 22.0 Å². The number of carboxylic acids is 1. The van der Waals surface area contributed by atoms with Gasteiger partial charge in [0.2, 0.25) is 10.0 Å². The molecule has 0 saturated carbocycles. The first-order valence-corrected chi connectivity index (χ1v) is 8.88. The van der Waals surface area contributed by atoms with Crippen LogP contribution < -0.4 is 4.74 Å². The maximum absolute atomic E-state index is 12.0. The van der Waals surface area contributed by atoms with E-state index in [-0.39, 0.29) is 17.3 Å². The number of carboxylic acid groups (broad SMARTS) is 1. The van der Waals surface area contributed by atoms with Crippen LogP contribution in [0.15, 0.2) is 29.2 Å². The van der Waals surface area contributed by atoms with Gasteiger partial charge in [0.05, 0.1) is 4.90 Å². The topological polar surface area (TPSA) is 87.2 Å². The monoisotopic (exact) mass is 378 g/mol. The van der Waals surface area contributed by atoms with Crippen molar-refractivity contribution in [3.8, 4) is 5.75 Å². The lowest BCUT2D eigenvalue weighted by atomic mass is 10.2. The first-order valence-electron chi connectivity index (χ1n) is 7.44. The van der Waals surface area contributed by atoms with E-state index in [2.05, 4.69) is 0 Å². The molecule has 1 N–H and O–H groups in total. The van der Waals surface area contributed by atoms with Crippen LogP contribution in [0.2, 0.25) is 0 Å². The van der Waals surface area contributed by atoms with Crippen molar-refractivity contribution in [2.45, 2.75) is 23.8 Å². The lowest BCUT2D eigenvalue weighted by Gasteiger charge is -2.20. The molecule has 2 rings (SSSR count). The Hall–Kier alpha value is -1.35. The molecule has 0 amide bonds. The molecule has 1 atom stereocenters. The average molecular weight is 379 g/mol. The molecular formula is C15H23ClN2O5S. The second-order valence-electron chi connectivity index (χ2n) is 5.64. The van der Waals surface area contributed by atoms with Gasteiger partial charge in [-0.1, -0.05) is 0 Å². The molecule has 136 valence electrons. The summed E-state index contributed by atoms with van der Waals surface area (Å²) < 4.78 is 30.6. The van der Waals surface area contributed by atoms with Gasteiger partial charge in [0, 0.05) is 20.6 Å². The highest BCUT2D eigenvalue weighted by Gasteiger charge is 2.29. The number of hydrogen-bond donors (Lipinski definition) is 1. The average Bonchev–Trinajstić information content (AvgIpc) is 2.96. The highest BCUT2D eigenvalue weighted by Crippen LogP contribution is 2.19. The van der Waals surface area contributed by atoms with Crippen molar-refractivity contribution >= 4 is 28.4 Å². The van der Waals surface area contributed by atoms with Crippen LogP contribution in [-0.4, -0.2) is 68.5 Å². The van der Waals surface area contributed by atoms with Crippen LogP contribution in [0.3, 0.4) is 0 Å². The Bertz CT molecular complexity index is 648. The van der Waals surface area contributed by atoms with E-state index >= 15 is 0 Å². The van der Waals surface area contributed by atoms with E-state index in [0.29, 0.717) is 25.3 Å². The predicted octanol–water partition coefficient (Wildman–Crippen LogP) is 1.29. The summed E-state index contributed by atoms with van der Waals surface area (Å²) >= 11 is 0. The Labute approximate surface area is 148 Å². The van der Waals surface area contributed by atoms with Gasteiger partial charge in [0.25, 0.3) is 0 Å². The first-order chi connectivity index (χ1) is 10.8. The summed E-state index contributed by atoms with van der Waals surface area (Å²) in [5.74, 6) is -0.227. The van der Waals surface area contributed by atoms with Crippen LogP contribution >= 0.6 is 12.4 Å². The van der Waals surface area contributed by atoms with Crippen LogP contribution in [0.1, 0.15) is 12.8 Å². The molecule has 1 aliphatic rings. The van der Waals surface area contributed by atoms with E-state index in [9.17, 15) is 13.2 Å². The Morgan fingerprint density at radius 3 is 2.50 bits per heavy atom. The van der Waals surface area contributed by atoms with Gasteiger partial charge in [-0.05, 0) is 43.7 Å². The summed E-state index contributed by atoms with van der Waals surface area (Å²) in [5.41, 5.74) is 0. The number of ether oxygens (including phenoxy) is 1. The number of carbonyl (C=O) groups is 1. The Balaban J connectivity index is 0.00000288. The third-order valence-electron chi connectivity index (χ3n) is 3.90. The summed E-state index contributed by atoms with van der Waals surface area (Å²) in [5, 5.41) is 9.11. The number of likely N-dealkylation sites (tertiary alicyclic amines) is 1. The predicted molar refractivity (Wildman–Crippen MR) is 92.3 cm³/mol. The Morgan fingerprint density at radius 1 is 1.33 bits per heavy atom. The minimum Gasteiger partial charge on any atom is -0.492 e. The molecule has 1 heterocycles. The van der Waals surface area contributed by atoms with Gasteiger partial charge < -0.3 is 9.84 Å². The third kappa shape index (κ3) is 4.83. The summed E-state index contributed by atoms with van der Waals surface area (Å²) in [7, 11) is -0.478. The van der Waals surface area contributed by atoms with Gasteiger partial charge in [-0.3, -0.25) is 9.69 Å². The fourth-order valence-corrected chi connectivity index (χ4v) is 3.47. The molecule has 1 aromatic carbocycles. The molecule has 1 aromatic rings. The van der Waals surface area contributed by atoms with Gasteiger partial charge >= 0.3 is 5.97 Å². The number of aliphatic carboxylic acids is 1. The first kappa shape index (κ1) is 20.7. The van der Waals surface area contributed by atoms with Crippen molar-refractivity contribution in [2.24, 2.45) is 0 Å².